The number of aliphatic hydroxyl groups is 1. The van der Waals surface area contributed by atoms with Gasteiger partial charge in [0.2, 0.25) is 0 Å². The molecule has 0 amide bonds. The third-order valence-corrected chi connectivity index (χ3v) is 1.78. The standard InChI is InChI=1S/C7H14O3.C2H6/c1-9-7-4-2-3-6(5-8)10-7;1-2/h6-8H,2-5H2,1H3;1-2H3. The van der Waals surface area contributed by atoms with E-state index in [2.05, 4.69) is 0 Å². The van der Waals surface area contributed by atoms with Crippen LogP contribution in [0.5, 0.6) is 0 Å². The molecule has 1 rings (SSSR count). The fourth-order valence-electron chi connectivity index (χ4n) is 1.17. The molecule has 74 valence electrons. The van der Waals surface area contributed by atoms with Gasteiger partial charge in [-0.05, 0) is 19.3 Å². The van der Waals surface area contributed by atoms with Crippen molar-refractivity contribution in [2.75, 3.05) is 13.7 Å². The highest BCUT2D eigenvalue weighted by Gasteiger charge is 2.20. The molecule has 3 nitrogen and oxygen atoms in total. The van der Waals surface area contributed by atoms with Crippen molar-refractivity contribution in [1.29, 1.82) is 0 Å². The largest absolute Gasteiger partial charge is 0.394 e. The molecule has 1 saturated heterocycles. The van der Waals surface area contributed by atoms with Crippen LogP contribution in [-0.4, -0.2) is 31.2 Å². The van der Waals surface area contributed by atoms with E-state index in [9.17, 15) is 0 Å². The van der Waals surface area contributed by atoms with E-state index in [1.807, 2.05) is 13.8 Å². The Morgan fingerprint density at radius 2 is 2.08 bits per heavy atom. The van der Waals surface area contributed by atoms with E-state index >= 15 is 0 Å². The summed E-state index contributed by atoms with van der Waals surface area (Å²) in [5.74, 6) is 0. The lowest BCUT2D eigenvalue weighted by Gasteiger charge is -2.27. The van der Waals surface area contributed by atoms with Crippen molar-refractivity contribution in [1.82, 2.24) is 0 Å². The Balaban J connectivity index is 0.000000561. The minimum atomic E-state index is -0.0918. The maximum atomic E-state index is 8.72. The van der Waals surface area contributed by atoms with Crippen molar-refractivity contribution in [3.05, 3.63) is 0 Å². The van der Waals surface area contributed by atoms with E-state index in [-0.39, 0.29) is 19.0 Å². The van der Waals surface area contributed by atoms with Gasteiger partial charge in [0.15, 0.2) is 6.29 Å². The Kier molecular flexibility index (Phi) is 7.45. The Bertz CT molecular complexity index is 85.8. The van der Waals surface area contributed by atoms with E-state index < -0.39 is 0 Å². The Morgan fingerprint density at radius 3 is 2.58 bits per heavy atom. The quantitative estimate of drug-likeness (QED) is 0.693. The molecule has 0 aromatic carbocycles. The molecule has 0 aromatic rings. The van der Waals surface area contributed by atoms with Crippen LogP contribution in [-0.2, 0) is 9.47 Å². The van der Waals surface area contributed by atoms with Crippen LogP contribution in [0.1, 0.15) is 33.1 Å². The molecule has 1 aliphatic heterocycles. The molecule has 0 radical (unpaired) electrons. The van der Waals surface area contributed by atoms with Gasteiger partial charge in [-0.1, -0.05) is 13.8 Å². The summed E-state index contributed by atoms with van der Waals surface area (Å²) in [6, 6.07) is 0. The van der Waals surface area contributed by atoms with Gasteiger partial charge in [0.1, 0.15) is 0 Å². The average molecular weight is 176 g/mol. The minimum Gasteiger partial charge on any atom is -0.394 e. The molecule has 0 aromatic heterocycles. The second-order valence-electron chi connectivity index (χ2n) is 2.54. The summed E-state index contributed by atoms with van der Waals surface area (Å²) in [5, 5.41) is 8.72. The summed E-state index contributed by atoms with van der Waals surface area (Å²) in [7, 11) is 1.63. The number of ether oxygens (including phenoxy) is 2. The van der Waals surface area contributed by atoms with Crippen LogP contribution in [0, 0.1) is 0 Å². The highest BCUT2D eigenvalue weighted by molar-refractivity contribution is 4.64. The van der Waals surface area contributed by atoms with Gasteiger partial charge in [0, 0.05) is 7.11 Å². The lowest BCUT2D eigenvalue weighted by Crippen LogP contribution is -2.31. The van der Waals surface area contributed by atoms with Crippen molar-refractivity contribution in [2.45, 2.75) is 45.5 Å². The summed E-state index contributed by atoms with van der Waals surface area (Å²) in [4.78, 5) is 0. The monoisotopic (exact) mass is 176 g/mol. The molecule has 2 atom stereocenters. The number of methoxy groups -OCH3 is 1. The molecule has 1 fully saturated rings. The first kappa shape index (κ1) is 11.9. The lowest BCUT2D eigenvalue weighted by atomic mass is 10.1. The third kappa shape index (κ3) is 4.04. The van der Waals surface area contributed by atoms with Gasteiger partial charge in [0.05, 0.1) is 12.7 Å². The van der Waals surface area contributed by atoms with Crippen molar-refractivity contribution in [3.8, 4) is 0 Å². The minimum absolute atomic E-state index is 0.00120. The predicted octanol–water partition coefficient (Wildman–Crippen LogP) is 1.55. The number of hydrogen-bond acceptors (Lipinski definition) is 3. The smallest absolute Gasteiger partial charge is 0.157 e. The average Bonchev–Trinajstić information content (AvgIpc) is 2.21. The van der Waals surface area contributed by atoms with Gasteiger partial charge in [0.25, 0.3) is 0 Å². The highest BCUT2D eigenvalue weighted by Crippen LogP contribution is 2.18. The Labute approximate surface area is 74.7 Å². The summed E-state index contributed by atoms with van der Waals surface area (Å²) in [6.07, 6.45) is 2.90. The number of aliphatic hydroxyl groups excluding tert-OH is 1. The van der Waals surface area contributed by atoms with Crippen LogP contribution in [0.3, 0.4) is 0 Å². The van der Waals surface area contributed by atoms with Gasteiger partial charge in [-0.2, -0.15) is 0 Å². The summed E-state index contributed by atoms with van der Waals surface area (Å²) < 4.78 is 10.3. The van der Waals surface area contributed by atoms with Crippen LogP contribution >= 0.6 is 0 Å². The molecule has 0 saturated carbocycles. The van der Waals surface area contributed by atoms with Crippen LogP contribution in [0.2, 0.25) is 0 Å². The van der Waals surface area contributed by atoms with Crippen molar-refractivity contribution < 1.29 is 14.6 Å². The van der Waals surface area contributed by atoms with E-state index in [0.29, 0.717) is 0 Å². The Hall–Kier alpha value is -0.120. The highest BCUT2D eigenvalue weighted by atomic mass is 16.7. The first-order chi connectivity index (χ1) is 5.86. The molecule has 2 unspecified atom stereocenters. The van der Waals surface area contributed by atoms with E-state index in [1.54, 1.807) is 7.11 Å². The van der Waals surface area contributed by atoms with Crippen LogP contribution in [0.15, 0.2) is 0 Å². The van der Waals surface area contributed by atoms with Gasteiger partial charge in [-0.25, -0.2) is 0 Å². The lowest BCUT2D eigenvalue weighted by molar-refractivity contribution is -0.187. The third-order valence-electron chi connectivity index (χ3n) is 1.78. The first-order valence-corrected chi connectivity index (χ1v) is 4.66. The molecule has 12 heavy (non-hydrogen) atoms. The van der Waals surface area contributed by atoms with Crippen LogP contribution in [0.4, 0.5) is 0 Å². The predicted molar refractivity (Wildman–Crippen MR) is 48.0 cm³/mol. The first-order valence-electron chi connectivity index (χ1n) is 4.66. The topological polar surface area (TPSA) is 38.7 Å². The maximum absolute atomic E-state index is 8.72. The van der Waals surface area contributed by atoms with Crippen LogP contribution < -0.4 is 0 Å². The molecule has 0 spiro atoms. The molecule has 1 aliphatic rings. The zero-order valence-electron chi connectivity index (χ0n) is 8.25. The summed E-state index contributed by atoms with van der Waals surface area (Å²) in [5.41, 5.74) is 0. The fourth-order valence-corrected chi connectivity index (χ4v) is 1.17. The SMILES string of the molecule is CC.COC1CCCC(CO)O1. The Morgan fingerprint density at radius 1 is 1.42 bits per heavy atom. The van der Waals surface area contributed by atoms with Gasteiger partial charge >= 0.3 is 0 Å². The summed E-state index contributed by atoms with van der Waals surface area (Å²) in [6.45, 7) is 4.11. The molecule has 1 heterocycles. The normalized spacial score (nSPS) is 29.0. The second kappa shape index (κ2) is 7.53. The molecule has 1 N–H and O–H groups in total. The van der Waals surface area contributed by atoms with Crippen molar-refractivity contribution in [2.24, 2.45) is 0 Å². The molecule has 0 bridgehead atoms. The van der Waals surface area contributed by atoms with Gasteiger partial charge in [-0.3, -0.25) is 0 Å². The molecule has 0 aliphatic carbocycles. The van der Waals surface area contributed by atoms with Gasteiger partial charge in [-0.15, -0.1) is 0 Å². The molecule has 3 heteroatoms. The molecular weight excluding hydrogens is 156 g/mol. The molecular formula is C9H20O3. The van der Waals surface area contributed by atoms with Crippen molar-refractivity contribution in [3.63, 3.8) is 0 Å². The zero-order valence-corrected chi connectivity index (χ0v) is 8.25. The van der Waals surface area contributed by atoms with E-state index in [4.69, 9.17) is 14.6 Å². The number of hydrogen-bond donors (Lipinski definition) is 1. The fraction of sp³-hybridized carbons (Fsp3) is 1.00. The number of rotatable bonds is 2. The van der Waals surface area contributed by atoms with E-state index in [0.717, 1.165) is 19.3 Å². The van der Waals surface area contributed by atoms with E-state index in [1.165, 1.54) is 0 Å². The maximum Gasteiger partial charge on any atom is 0.157 e. The summed E-state index contributed by atoms with van der Waals surface area (Å²) >= 11 is 0. The van der Waals surface area contributed by atoms with Crippen LogP contribution in [0.25, 0.3) is 0 Å². The van der Waals surface area contributed by atoms with Crippen molar-refractivity contribution >= 4 is 0 Å². The second-order valence-corrected chi connectivity index (χ2v) is 2.54. The zero-order chi connectivity index (χ0) is 9.40. The van der Waals surface area contributed by atoms with Gasteiger partial charge < -0.3 is 14.6 Å².